The molecule has 0 aliphatic carbocycles. The summed E-state index contributed by atoms with van der Waals surface area (Å²) in [7, 11) is 0. The van der Waals surface area contributed by atoms with E-state index in [0.717, 1.165) is 10.0 Å². The predicted octanol–water partition coefficient (Wildman–Crippen LogP) is 4.29. The lowest BCUT2D eigenvalue weighted by atomic mass is 10.0. The number of nitro groups is 1. The zero-order chi connectivity index (χ0) is 14.7. The van der Waals surface area contributed by atoms with E-state index < -0.39 is 11.0 Å². The van der Waals surface area contributed by atoms with Gasteiger partial charge in [0.1, 0.15) is 0 Å². The summed E-state index contributed by atoms with van der Waals surface area (Å²) in [6.07, 6.45) is -0.421. The van der Waals surface area contributed by atoms with Crippen molar-refractivity contribution < 1.29 is 10.0 Å². The van der Waals surface area contributed by atoms with Crippen LogP contribution in [-0.2, 0) is 6.42 Å². The number of nitrogens with zero attached hydrogens (tertiary/aromatic N) is 1. The van der Waals surface area contributed by atoms with Gasteiger partial charge in [-0.3, -0.25) is 10.1 Å². The molecule has 0 spiro atoms. The van der Waals surface area contributed by atoms with Crippen LogP contribution in [0.15, 0.2) is 46.9 Å². The molecule has 0 fully saturated rings. The molecule has 6 heteroatoms. The van der Waals surface area contributed by atoms with E-state index in [1.807, 2.05) is 0 Å². The minimum absolute atomic E-state index is 0.0312. The molecule has 1 unspecified atom stereocenters. The molecule has 104 valence electrons. The Balaban J connectivity index is 2.17. The summed E-state index contributed by atoms with van der Waals surface area (Å²) in [6, 6.07) is 11.5. The Labute approximate surface area is 129 Å². The van der Waals surface area contributed by atoms with Crippen molar-refractivity contribution in [2.24, 2.45) is 0 Å². The second-order valence-electron chi connectivity index (χ2n) is 4.29. The van der Waals surface area contributed by atoms with Crippen molar-refractivity contribution in [2.45, 2.75) is 12.5 Å². The first-order chi connectivity index (χ1) is 9.49. The maximum Gasteiger partial charge on any atom is 0.269 e. The van der Waals surface area contributed by atoms with E-state index >= 15 is 0 Å². The van der Waals surface area contributed by atoms with Gasteiger partial charge < -0.3 is 5.11 Å². The molecule has 0 aliphatic rings. The fourth-order valence-corrected chi connectivity index (χ4v) is 2.50. The highest BCUT2D eigenvalue weighted by Gasteiger charge is 2.14. The predicted molar refractivity (Wildman–Crippen MR) is 80.9 cm³/mol. The molecule has 20 heavy (non-hydrogen) atoms. The number of aliphatic hydroxyl groups is 1. The average Bonchev–Trinajstić information content (AvgIpc) is 2.42. The van der Waals surface area contributed by atoms with E-state index in [2.05, 4.69) is 15.9 Å². The highest BCUT2D eigenvalue weighted by molar-refractivity contribution is 9.10. The summed E-state index contributed by atoms with van der Waals surface area (Å²) < 4.78 is 0.722. The minimum Gasteiger partial charge on any atom is -0.388 e. The van der Waals surface area contributed by atoms with Crippen LogP contribution in [0.25, 0.3) is 0 Å². The Hall–Kier alpha value is -1.43. The number of nitro benzene ring substituents is 1. The Bertz CT molecular complexity index is 631. The molecule has 2 aromatic rings. The molecule has 0 radical (unpaired) electrons. The van der Waals surface area contributed by atoms with Crippen molar-refractivity contribution in [3.63, 3.8) is 0 Å². The number of benzene rings is 2. The van der Waals surface area contributed by atoms with Crippen LogP contribution < -0.4 is 0 Å². The standard InChI is InChI=1S/C14H11BrClNO3/c15-12-3-1-2-11(14(12)16)13(18)8-9-4-6-10(7-5-9)17(19)20/h1-7,13,18H,8H2. The van der Waals surface area contributed by atoms with E-state index in [4.69, 9.17) is 11.6 Å². The minimum atomic E-state index is -0.763. The largest absolute Gasteiger partial charge is 0.388 e. The number of aliphatic hydroxyl groups excluding tert-OH is 1. The zero-order valence-electron chi connectivity index (χ0n) is 10.3. The van der Waals surface area contributed by atoms with E-state index in [1.165, 1.54) is 12.1 Å². The summed E-state index contributed by atoms with van der Waals surface area (Å²) in [5.41, 5.74) is 1.46. The van der Waals surface area contributed by atoms with E-state index in [1.54, 1.807) is 30.3 Å². The average molecular weight is 357 g/mol. The quantitative estimate of drug-likeness (QED) is 0.656. The van der Waals surface area contributed by atoms with Crippen LogP contribution in [0.3, 0.4) is 0 Å². The van der Waals surface area contributed by atoms with Crippen LogP contribution in [0.4, 0.5) is 5.69 Å². The van der Waals surface area contributed by atoms with Gasteiger partial charge in [0.25, 0.3) is 5.69 Å². The fourth-order valence-electron chi connectivity index (χ4n) is 1.86. The maximum absolute atomic E-state index is 10.6. The van der Waals surface area contributed by atoms with Gasteiger partial charge in [-0.2, -0.15) is 0 Å². The zero-order valence-corrected chi connectivity index (χ0v) is 12.6. The molecule has 0 saturated carbocycles. The monoisotopic (exact) mass is 355 g/mol. The molecular formula is C14H11BrClNO3. The molecule has 0 heterocycles. The second kappa shape index (κ2) is 6.35. The van der Waals surface area contributed by atoms with Crippen LogP contribution in [0, 0.1) is 10.1 Å². The third-order valence-electron chi connectivity index (χ3n) is 2.92. The van der Waals surface area contributed by atoms with Crippen molar-refractivity contribution in [1.29, 1.82) is 0 Å². The topological polar surface area (TPSA) is 63.4 Å². The van der Waals surface area contributed by atoms with Crippen molar-refractivity contribution in [2.75, 3.05) is 0 Å². The molecule has 1 N–H and O–H groups in total. The molecule has 4 nitrogen and oxygen atoms in total. The van der Waals surface area contributed by atoms with Gasteiger partial charge in [-0.05, 0) is 27.6 Å². The van der Waals surface area contributed by atoms with Crippen LogP contribution in [0.1, 0.15) is 17.2 Å². The smallest absolute Gasteiger partial charge is 0.269 e. The third kappa shape index (κ3) is 3.36. The molecule has 0 bridgehead atoms. The summed E-state index contributed by atoms with van der Waals surface area (Å²) >= 11 is 9.43. The highest BCUT2D eigenvalue weighted by Crippen LogP contribution is 2.31. The van der Waals surface area contributed by atoms with E-state index in [9.17, 15) is 15.2 Å². The van der Waals surface area contributed by atoms with Gasteiger partial charge in [0.05, 0.1) is 16.0 Å². The van der Waals surface area contributed by atoms with E-state index in [-0.39, 0.29) is 5.69 Å². The Morgan fingerprint density at radius 1 is 1.25 bits per heavy atom. The first-order valence-corrected chi connectivity index (χ1v) is 7.01. The van der Waals surface area contributed by atoms with Gasteiger partial charge in [0, 0.05) is 28.6 Å². The highest BCUT2D eigenvalue weighted by atomic mass is 79.9. The first-order valence-electron chi connectivity index (χ1n) is 5.84. The van der Waals surface area contributed by atoms with Gasteiger partial charge >= 0.3 is 0 Å². The molecular weight excluding hydrogens is 346 g/mol. The van der Waals surface area contributed by atoms with Crippen molar-refractivity contribution in [1.82, 2.24) is 0 Å². The number of halogens is 2. The summed E-state index contributed by atoms with van der Waals surface area (Å²) in [5, 5.41) is 21.3. The van der Waals surface area contributed by atoms with Crippen LogP contribution >= 0.6 is 27.5 Å². The normalized spacial score (nSPS) is 12.2. The third-order valence-corrected chi connectivity index (χ3v) is 4.23. The lowest BCUT2D eigenvalue weighted by molar-refractivity contribution is -0.384. The van der Waals surface area contributed by atoms with Gasteiger partial charge in [0.2, 0.25) is 0 Å². The lowest BCUT2D eigenvalue weighted by Crippen LogP contribution is -2.03. The van der Waals surface area contributed by atoms with Crippen molar-refractivity contribution in [3.8, 4) is 0 Å². The summed E-state index contributed by atoms with van der Waals surface area (Å²) in [4.78, 5) is 10.1. The number of hydrogen-bond acceptors (Lipinski definition) is 3. The van der Waals surface area contributed by atoms with Gasteiger partial charge in [-0.1, -0.05) is 35.9 Å². The first kappa shape index (κ1) is 15.0. The molecule has 0 amide bonds. The summed E-state index contributed by atoms with van der Waals surface area (Å²) in [5.74, 6) is 0. The SMILES string of the molecule is O=[N+]([O-])c1ccc(CC(O)c2cccc(Br)c2Cl)cc1. The number of rotatable bonds is 4. The molecule has 0 aromatic heterocycles. The molecule has 2 rings (SSSR count). The van der Waals surface area contributed by atoms with Gasteiger partial charge in [-0.15, -0.1) is 0 Å². The Morgan fingerprint density at radius 2 is 1.90 bits per heavy atom. The molecule has 0 aliphatic heterocycles. The van der Waals surface area contributed by atoms with Crippen LogP contribution in [-0.4, -0.2) is 10.0 Å². The fraction of sp³-hybridized carbons (Fsp3) is 0.143. The number of non-ortho nitro benzene ring substituents is 1. The maximum atomic E-state index is 10.6. The van der Waals surface area contributed by atoms with E-state index in [0.29, 0.717) is 17.0 Å². The number of hydrogen-bond donors (Lipinski definition) is 1. The van der Waals surface area contributed by atoms with Crippen LogP contribution in [0.2, 0.25) is 5.02 Å². The lowest BCUT2D eigenvalue weighted by Gasteiger charge is -2.13. The molecule has 2 aromatic carbocycles. The van der Waals surface area contributed by atoms with Crippen LogP contribution in [0.5, 0.6) is 0 Å². The Kier molecular flexibility index (Phi) is 4.75. The van der Waals surface area contributed by atoms with Crippen molar-refractivity contribution >= 4 is 33.2 Å². The Morgan fingerprint density at radius 3 is 2.50 bits per heavy atom. The van der Waals surface area contributed by atoms with Gasteiger partial charge in [0.15, 0.2) is 0 Å². The molecule has 0 saturated heterocycles. The van der Waals surface area contributed by atoms with Crippen molar-refractivity contribution in [3.05, 3.63) is 73.2 Å². The second-order valence-corrected chi connectivity index (χ2v) is 5.52. The summed E-state index contributed by atoms with van der Waals surface area (Å²) in [6.45, 7) is 0. The van der Waals surface area contributed by atoms with Gasteiger partial charge in [-0.25, -0.2) is 0 Å². The molecule has 1 atom stereocenters.